The number of aromatic nitrogens is 2. The van der Waals surface area contributed by atoms with Crippen molar-refractivity contribution in [3.8, 4) is 11.5 Å². The molecule has 1 aromatic heterocycles. The average molecular weight is 258 g/mol. The second-order valence-electron chi connectivity index (χ2n) is 5.08. The molecule has 19 heavy (non-hydrogen) atoms. The van der Waals surface area contributed by atoms with E-state index in [1.807, 2.05) is 24.3 Å². The quantitative estimate of drug-likeness (QED) is 0.884. The molecule has 0 bridgehead atoms. The van der Waals surface area contributed by atoms with Gasteiger partial charge >= 0.3 is 0 Å². The number of nitrogens with zero attached hydrogens (tertiary/aromatic N) is 2. The fraction of sp³-hybridized carbons (Fsp3) is 0.429. The van der Waals surface area contributed by atoms with Crippen molar-refractivity contribution in [3.05, 3.63) is 30.7 Å². The van der Waals surface area contributed by atoms with Crippen LogP contribution in [0.25, 0.3) is 11.5 Å². The Labute approximate surface area is 112 Å². The zero-order valence-electron chi connectivity index (χ0n) is 10.7. The van der Waals surface area contributed by atoms with E-state index in [1.165, 1.54) is 6.39 Å². The third kappa shape index (κ3) is 2.93. The summed E-state index contributed by atoms with van der Waals surface area (Å²) in [4.78, 5) is 0. The summed E-state index contributed by atoms with van der Waals surface area (Å²) in [6.07, 6.45) is 5.85. The lowest BCUT2D eigenvalue weighted by Crippen LogP contribution is -2.32. The van der Waals surface area contributed by atoms with Gasteiger partial charge < -0.3 is 15.5 Å². The van der Waals surface area contributed by atoms with E-state index in [-0.39, 0.29) is 0 Å². The monoisotopic (exact) mass is 258 g/mol. The molecule has 0 radical (unpaired) electrons. The Balaban J connectivity index is 1.63. The number of anilines is 1. The molecule has 100 valence electrons. The van der Waals surface area contributed by atoms with Gasteiger partial charge in [-0.3, -0.25) is 0 Å². The summed E-state index contributed by atoms with van der Waals surface area (Å²) in [7, 11) is 0. The normalized spacial score (nSPS) is 23.2. The standard InChI is InChI=1S/C14H18N4O/c15-11-3-7-13(8-4-11)17-12-5-1-10(2-6-12)14-18-16-9-19-14/h1-2,5-6,9,11,13,17H,3-4,7-8,15H2. The molecular formula is C14H18N4O. The van der Waals surface area contributed by atoms with Gasteiger partial charge in [0.2, 0.25) is 12.3 Å². The maximum atomic E-state index is 5.91. The molecular weight excluding hydrogens is 240 g/mol. The van der Waals surface area contributed by atoms with Crippen LogP contribution in [0.2, 0.25) is 0 Å². The molecule has 0 saturated heterocycles. The first-order valence-electron chi connectivity index (χ1n) is 6.70. The minimum absolute atomic E-state index is 0.387. The van der Waals surface area contributed by atoms with Gasteiger partial charge in [-0.2, -0.15) is 0 Å². The third-order valence-electron chi connectivity index (χ3n) is 3.63. The molecule has 1 saturated carbocycles. The van der Waals surface area contributed by atoms with Crippen LogP contribution in [0, 0.1) is 0 Å². The summed E-state index contributed by atoms with van der Waals surface area (Å²) in [5, 5.41) is 11.1. The molecule has 0 aliphatic heterocycles. The van der Waals surface area contributed by atoms with Gasteiger partial charge in [0.15, 0.2) is 0 Å². The van der Waals surface area contributed by atoms with E-state index in [1.54, 1.807) is 0 Å². The smallest absolute Gasteiger partial charge is 0.247 e. The summed E-state index contributed by atoms with van der Waals surface area (Å²) in [6, 6.07) is 9.00. The summed E-state index contributed by atoms with van der Waals surface area (Å²) in [5.74, 6) is 0.551. The Bertz CT molecular complexity index is 501. The average Bonchev–Trinajstić information content (AvgIpc) is 2.96. The third-order valence-corrected chi connectivity index (χ3v) is 3.63. The number of hydrogen-bond donors (Lipinski definition) is 2. The highest BCUT2D eigenvalue weighted by atomic mass is 16.4. The van der Waals surface area contributed by atoms with E-state index in [0.717, 1.165) is 36.9 Å². The maximum Gasteiger partial charge on any atom is 0.247 e. The molecule has 0 atom stereocenters. The number of nitrogens with one attached hydrogen (secondary N) is 1. The maximum absolute atomic E-state index is 5.91. The topological polar surface area (TPSA) is 77.0 Å². The van der Waals surface area contributed by atoms with E-state index in [0.29, 0.717) is 18.0 Å². The Morgan fingerprint density at radius 3 is 2.47 bits per heavy atom. The van der Waals surface area contributed by atoms with Gasteiger partial charge in [-0.15, -0.1) is 10.2 Å². The van der Waals surface area contributed by atoms with E-state index < -0.39 is 0 Å². The van der Waals surface area contributed by atoms with Crippen molar-refractivity contribution in [1.82, 2.24) is 10.2 Å². The number of benzene rings is 1. The van der Waals surface area contributed by atoms with Crippen molar-refractivity contribution in [1.29, 1.82) is 0 Å². The largest absolute Gasteiger partial charge is 0.423 e. The molecule has 5 heteroatoms. The van der Waals surface area contributed by atoms with Gasteiger partial charge in [0.25, 0.3) is 0 Å². The minimum atomic E-state index is 0.387. The predicted octanol–water partition coefficient (Wildman–Crippen LogP) is 2.42. The molecule has 3 N–H and O–H groups in total. The first-order valence-corrected chi connectivity index (χ1v) is 6.70. The van der Waals surface area contributed by atoms with Crippen LogP contribution in [-0.4, -0.2) is 22.3 Å². The van der Waals surface area contributed by atoms with Gasteiger partial charge in [-0.1, -0.05) is 0 Å². The Hall–Kier alpha value is -1.88. The van der Waals surface area contributed by atoms with E-state index in [2.05, 4.69) is 15.5 Å². The fourth-order valence-corrected chi connectivity index (χ4v) is 2.51. The highest BCUT2D eigenvalue weighted by Crippen LogP contribution is 2.23. The van der Waals surface area contributed by atoms with Crippen molar-refractivity contribution >= 4 is 5.69 Å². The number of rotatable bonds is 3. The summed E-state index contributed by atoms with van der Waals surface area (Å²) < 4.78 is 5.16. The van der Waals surface area contributed by atoms with Crippen molar-refractivity contribution < 1.29 is 4.42 Å². The van der Waals surface area contributed by atoms with Crippen LogP contribution in [0.3, 0.4) is 0 Å². The van der Waals surface area contributed by atoms with Crippen LogP contribution < -0.4 is 11.1 Å². The van der Waals surface area contributed by atoms with Crippen molar-refractivity contribution in [2.24, 2.45) is 5.73 Å². The lowest BCUT2D eigenvalue weighted by molar-refractivity contribution is 0.411. The second-order valence-corrected chi connectivity index (χ2v) is 5.08. The molecule has 0 unspecified atom stereocenters. The Morgan fingerprint density at radius 2 is 1.84 bits per heavy atom. The van der Waals surface area contributed by atoms with Gasteiger partial charge in [-0.25, -0.2) is 0 Å². The molecule has 0 spiro atoms. The lowest BCUT2D eigenvalue weighted by Gasteiger charge is -2.27. The fourth-order valence-electron chi connectivity index (χ4n) is 2.51. The molecule has 2 aromatic rings. The molecule has 5 nitrogen and oxygen atoms in total. The number of hydrogen-bond acceptors (Lipinski definition) is 5. The van der Waals surface area contributed by atoms with Crippen LogP contribution in [0.4, 0.5) is 5.69 Å². The van der Waals surface area contributed by atoms with Crippen molar-refractivity contribution in [2.75, 3.05) is 5.32 Å². The van der Waals surface area contributed by atoms with Crippen LogP contribution >= 0.6 is 0 Å². The van der Waals surface area contributed by atoms with Crippen molar-refractivity contribution in [3.63, 3.8) is 0 Å². The molecule has 1 fully saturated rings. The minimum Gasteiger partial charge on any atom is -0.423 e. The summed E-state index contributed by atoms with van der Waals surface area (Å²) in [5.41, 5.74) is 7.98. The molecule has 3 rings (SSSR count). The second kappa shape index (κ2) is 5.40. The first kappa shape index (κ1) is 12.2. The SMILES string of the molecule is NC1CCC(Nc2ccc(-c3nnco3)cc2)CC1. The summed E-state index contributed by atoms with van der Waals surface area (Å²) in [6.45, 7) is 0. The van der Waals surface area contributed by atoms with Crippen LogP contribution in [-0.2, 0) is 0 Å². The van der Waals surface area contributed by atoms with E-state index >= 15 is 0 Å². The molecule has 1 aliphatic carbocycles. The highest BCUT2D eigenvalue weighted by molar-refractivity contribution is 5.58. The zero-order valence-corrected chi connectivity index (χ0v) is 10.7. The highest BCUT2D eigenvalue weighted by Gasteiger charge is 2.18. The first-order chi connectivity index (χ1) is 9.31. The van der Waals surface area contributed by atoms with Crippen LogP contribution in [0.1, 0.15) is 25.7 Å². The van der Waals surface area contributed by atoms with E-state index in [4.69, 9.17) is 10.2 Å². The van der Waals surface area contributed by atoms with Gasteiger partial charge in [0.1, 0.15) is 0 Å². The molecule has 1 heterocycles. The number of nitrogens with two attached hydrogens (primary N) is 1. The van der Waals surface area contributed by atoms with Gasteiger partial charge in [-0.05, 0) is 49.9 Å². The molecule has 1 aliphatic rings. The molecule has 1 aromatic carbocycles. The van der Waals surface area contributed by atoms with Crippen LogP contribution in [0.15, 0.2) is 35.1 Å². The Morgan fingerprint density at radius 1 is 1.11 bits per heavy atom. The lowest BCUT2D eigenvalue weighted by atomic mass is 9.91. The van der Waals surface area contributed by atoms with Gasteiger partial charge in [0, 0.05) is 23.3 Å². The van der Waals surface area contributed by atoms with Crippen LogP contribution in [0.5, 0.6) is 0 Å². The molecule has 0 amide bonds. The predicted molar refractivity (Wildman–Crippen MR) is 73.6 cm³/mol. The Kier molecular flexibility index (Phi) is 3.46. The van der Waals surface area contributed by atoms with Gasteiger partial charge in [0.05, 0.1) is 0 Å². The zero-order chi connectivity index (χ0) is 13.1. The summed E-state index contributed by atoms with van der Waals surface area (Å²) >= 11 is 0. The van der Waals surface area contributed by atoms with E-state index in [9.17, 15) is 0 Å². The van der Waals surface area contributed by atoms with Crippen molar-refractivity contribution in [2.45, 2.75) is 37.8 Å².